The van der Waals surface area contributed by atoms with Crippen molar-refractivity contribution in [3.63, 3.8) is 0 Å². The van der Waals surface area contributed by atoms with Gasteiger partial charge in [-0.05, 0) is 63.7 Å². The van der Waals surface area contributed by atoms with E-state index in [9.17, 15) is 0 Å². The molecule has 2 atom stereocenters. The van der Waals surface area contributed by atoms with Crippen molar-refractivity contribution in [2.45, 2.75) is 12.3 Å². The second-order valence-corrected chi connectivity index (χ2v) is 13.7. The van der Waals surface area contributed by atoms with Crippen LogP contribution in [0.15, 0.2) is 179 Å². The van der Waals surface area contributed by atoms with Gasteiger partial charge in [-0.2, -0.15) is 0 Å². The molecule has 10 aromatic rings. The number of aliphatic imine (C=N–C) groups is 1. The van der Waals surface area contributed by atoms with E-state index in [1.807, 2.05) is 6.07 Å². The molecule has 246 valence electrons. The number of fused-ring (bicyclic) bond motifs is 9. The van der Waals surface area contributed by atoms with Crippen molar-refractivity contribution in [1.82, 2.24) is 15.2 Å². The van der Waals surface area contributed by atoms with Crippen molar-refractivity contribution >= 4 is 71.1 Å². The Kier molecular flexibility index (Phi) is 6.39. The summed E-state index contributed by atoms with van der Waals surface area (Å²) in [4.78, 5) is 5.36. The van der Waals surface area contributed by atoms with E-state index >= 15 is 0 Å². The van der Waals surface area contributed by atoms with Gasteiger partial charge in [-0.1, -0.05) is 133 Å². The molecule has 3 heterocycles. The average molecular weight is 669 g/mol. The number of nitrogens with zero attached hydrogens (tertiary/aromatic N) is 2. The highest BCUT2D eigenvalue weighted by molar-refractivity contribution is 6.20. The number of amidine groups is 1. The summed E-state index contributed by atoms with van der Waals surface area (Å²) in [5, 5.41) is 16.8. The highest BCUT2D eigenvalue weighted by Crippen LogP contribution is 2.42. The Morgan fingerprint density at radius 2 is 1.15 bits per heavy atom. The van der Waals surface area contributed by atoms with Gasteiger partial charge in [0.05, 0.1) is 16.7 Å². The smallest absolute Gasteiger partial charge is 0.159 e. The highest BCUT2D eigenvalue weighted by Gasteiger charge is 2.27. The normalized spacial score (nSPS) is 16.3. The minimum atomic E-state index is -0.244. The molecule has 5 nitrogen and oxygen atoms in total. The molecule has 11 rings (SSSR count). The Hall–Kier alpha value is -6.69. The largest absolute Gasteiger partial charge is 0.453 e. The van der Waals surface area contributed by atoms with Crippen LogP contribution in [0.4, 0.5) is 0 Å². The van der Waals surface area contributed by atoms with Gasteiger partial charge < -0.3 is 14.3 Å². The SMILES string of the molecule is c1ccc(C2N=C(c3cc(-n4c5ccccc5c5cc6ccccc6cc54)c4oc5c6ccccc6ccc5c4c3)NC(c3ccccc3)N2)cc1. The number of furan rings is 1. The van der Waals surface area contributed by atoms with Crippen LogP contribution in [0.5, 0.6) is 0 Å². The van der Waals surface area contributed by atoms with Gasteiger partial charge in [-0.25, -0.2) is 4.99 Å². The monoisotopic (exact) mass is 668 g/mol. The maximum atomic E-state index is 7.04. The van der Waals surface area contributed by atoms with E-state index in [2.05, 4.69) is 179 Å². The summed E-state index contributed by atoms with van der Waals surface area (Å²) >= 11 is 0. The van der Waals surface area contributed by atoms with Gasteiger partial charge in [0.15, 0.2) is 5.58 Å². The van der Waals surface area contributed by atoms with Crippen LogP contribution >= 0.6 is 0 Å². The molecule has 52 heavy (non-hydrogen) atoms. The zero-order valence-corrected chi connectivity index (χ0v) is 28.1. The van der Waals surface area contributed by atoms with Crippen LogP contribution in [-0.2, 0) is 0 Å². The molecular formula is C47H32N4O. The molecule has 0 saturated carbocycles. The van der Waals surface area contributed by atoms with E-state index in [0.29, 0.717) is 0 Å². The number of hydrogen-bond acceptors (Lipinski definition) is 4. The molecule has 0 bridgehead atoms. The third-order valence-corrected chi connectivity index (χ3v) is 10.6. The summed E-state index contributed by atoms with van der Waals surface area (Å²) in [7, 11) is 0. The first-order chi connectivity index (χ1) is 25.8. The third kappa shape index (κ3) is 4.50. The number of para-hydroxylation sites is 1. The minimum absolute atomic E-state index is 0.150. The first-order valence-corrected chi connectivity index (χ1v) is 17.8. The van der Waals surface area contributed by atoms with Crippen LogP contribution < -0.4 is 10.6 Å². The predicted octanol–water partition coefficient (Wildman–Crippen LogP) is 11.3. The molecule has 1 aliphatic rings. The molecule has 8 aromatic carbocycles. The van der Waals surface area contributed by atoms with Crippen LogP contribution in [0.3, 0.4) is 0 Å². The molecule has 0 fully saturated rings. The summed E-state index contributed by atoms with van der Waals surface area (Å²) < 4.78 is 9.42. The quantitative estimate of drug-likeness (QED) is 0.196. The van der Waals surface area contributed by atoms with Crippen LogP contribution in [0, 0.1) is 0 Å². The summed E-state index contributed by atoms with van der Waals surface area (Å²) in [6.45, 7) is 0. The Bertz CT molecular complexity index is 3030. The molecule has 0 aliphatic carbocycles. The van der Waals surface area contributed by atoms with Crippen LogP contribution in [-0.4, -0.2) is 10.4 Å². The van der Waals surface area contributed by atoms with E-state index in [1.54, 1.807) is 0 Å². The molecule has 2 unspecified atom stereocenters. The molecule has 0 amide bonds. The van der Waals surface area contributed by atoms with Crippen molar-refractivity contribution in [2.75, 3.05) is 0 Å². The molecule has 2 N–H and O–H groups in total. The van der Waals surface area contributed by atoms with Crippen molar-refractivity contribution in [1.29, 1.82) is 0 Å². The van der Waals surface area contributed by atoms with Crippen LogP contribution in [0.1, 0.15) is 29.0 Å². The Morgan fingerprint density at radius 3 is 1.96 bits per heavy atom. The van der Waals surface area contributed by atoms with Gasteiger partial charge >= 0.3 is 0 Å². The number of aromatic nitrogens is 1. The van der Waals surface area contributed by atoms with Gasteiger partial charge in [0.2, 0.25) is 0 Å². The van der Waals surface area contributed by atoms with E-state index in [-0.39, 0.29) is 12.3 Å². The number of benzene rings is 8. The van der Waals surface area contributed by atoms with E-state index < -0.39 is 0 Å². The zero-order valence-electron chi connectivity index (χ0n) is 28.1. The topological polar surface area (TPSA) is 54.5 Å². The maximum absolute atomic E-state index is 7.04. The average Bonchev–Trinajstić information content (AvgIpc) is 3.76. The summed E-state index contributed by atoms with van der Waals surface area (Å²) in [6, 6.07) is 60.3. The van der Waals surface area contributed by atoms with Gasteiger partial charge in [0.1, 0.15) is 23.8 Å². The second kappa shape index (κ2) is 11.4. The van der Waals surface area contributed by atoms with Crippen molar-refractivity contribution in [3.05, 3.63) is 187 Å². The minimum Gasteiger partial charge on any atom is -0.453 e. The lowest BCUT2D eigenvalue weighted by Gasteiger charge is -2.32. The highest BCUT2D eigenvalue weighted by atomic mass is 16.3. The fourth-order valence-corrected chi connectivity index (χ4v) is 8.13. The lowest BCUT2D eigenvalue weighted by molar-refractivity contribution is 0.409. The van der Waals surface area contributed by atoms with E-state index in [4.69, 9.17) is 9.41 Å². The summed E-state index contributed by atoms with van der Waals surface area (Å²) in [5.74, 6) is 0.825. The standard InChI is InChI=1S/C47H32N4O/c1-3-14-30(15-4-1)45-48-46(31-16-5-2-6-17-31)50-47(49-45)34-26-39-37-24-23-29-13-9-10-20-35(29)43(37)52-44(39)42(28-34)51-40-22-12-11-21-36(40)38-25-32-18-7-8-19-33(32)27-41(38)51/h1-28,45-46,48H,(H,49,50). The van der Waals surface area contributed by atoms with Gasteiger partial charge in [-0.15, -0.1) is 0 Å². The van der Waals surface area contributed by atoms with Gasteiger partial charge in [0, 0.05) is 32.5 Å². The molecule has 0 radical (unpaired) electrons. The third-order valence-electron chi connectivity index (χ3n) is 10.6. The molecule has 0 saturated heterocycles. The van der Waals surface area contributed by atoms with Crippen LogP contribution in [0.2, 0.25) is 0 Å². The molecule has 5 heteroatoms. The number of rotatable bonds is 4. The molecule has 0 spiro atoms. The maximum Gasteiger partial charge on any atom is 0.159 e. The summed E-state index contributed by atoms with van der Waals surface area (Å²) in [6.07, 6.45) is -0.394. The van der Waals surface area contributed by atoms with Crippen molar-refractivity contribution in [3.8, 4) is 5.69 Å². The number of hydrogen-bond donors (Lipinski definition) is 2. The predicted molar refractivity (Wildman–Crippen MR) is 214 cm³/mol. The number of nitrogens with one attached hydrogen (secondary N) is 2. The fourth-order valence-electron chi connectivity index (χ4n) is 8.13. The molecular weight excluding hydrogens is 637 g/mol. The van der Waals surface area contributed by atoms with Crippen molar-refractivity contribution < 1.29 is 4.42 Å². The summed E-state index contributed by atoms with van der Waals surface area (Å²) in [5.41, 5.74) is 8.22. The van der Waals surface area contributed by atoms with Crippen LogP contribution in [0.25, 0.3) is 71.0 Å². The molecule has 2 aromatic heterocycles. The first kappa shape index (κ1) is 29.1. The Balaban J connectivity index is 1.23. The fraction of sp³-hybridized carbons (Fsp3) is 0.0426. The van der Waals surface area contributed by atoms with E-state index in [0.717, 1.165) is 72.0 Å². The second-order valence-electron chi connectivity index (χ2n) is 13.7. The first-order valence-electron chi connectivity index (χ1n) is 17.8. The Labute approximate surface area is 299 Å². The lowest BCUT2D eigenvalue weighted by Crippen LogP contribution is -2.45. The molecule has 1 aliphatic heterocycles. The van der Waals surface area contributed by atoms with Gasteiger partial charge in [-0.3, -0.25) is 5.32 Å². The zero-order chi connectivity index (χ0) is 34.2. The van der Waals surface area contributed by atoms with E-state index in [1.165, 1.54) is 21.5 Å². The van der Waals surface area contributed by atoms with Crippen molar-refractivity contribution in [2.24, 2.45) is 4.99 Å². The Morgan fingerprint density at radius 1 is 0.481 bits per heavy atom. The van der Waals surface area contributed by atoms with Gasteiger partial charge in [0.25, 0.3) is 0 Å². The lowest BCUT2D eigenvalue weighted by atomic mass is 10.0.